The first-order valence-corrected chi connectivity index (χ1v) is 9.91. The minimum Gasteiger partial charge on any atom is -0.496 e. The zero-order valence-corrected chi connectivity index (χ0v) is 18.0. The number of halogens is 1. The van der Waals surface area contributed by atoms with Crippen LogP contribution in [0, 0.1) is 0 Å². The molecule has 2 N–H and O–H groups in total. The van der Waals surface area contributed by atoms with Gasteiger partial charge in [0, 0.05) is 29.6 Å². The SMILES string of the molecule is COc1ccc(CC(OC(C)C)C(=O)O)cc1CNC(=O)/C=C/c1ccc(Cl)cc1. The normalized spacial score (nSPS) is 12.2. The summed E-state index contributed by atoms with van der Waals surface area (Å²) in [6, 6.07) is 12.5. The lowest BCUT2D eigenvalue weighted by molar-refractivity contribution is -0.153. The van der Waals surface area contributed by atoms with Crippen LogP contribution in [0.5, 0.6) is 5.75 Å². The fraction of sp³-hybridized carbons (Fsp3) is 0.304. The summed E-state index contributed by atoms with van der Waals surface area (Å²) in [5.74, 6) is -0.664. The number of nitrogens with one attached hydrogen (secondary N) is 1. The molecule has 0 aliphatic heterocycles. The predicted octanol–water partition coefficient (Wildman–Crippen LogP) is 4.10. The number of ether oxygens (including phenoxy) is 2. The van der Waals surface area contributed by atoms with Gasteiger partial charge in [0.15, 0.2) is 6.10 Å². The summed E-state index contributed by atoms with van der Waals surface area (Å²) in [5.41, 5.74) is 2.39. The minimum atomic E-state index is -1.01. The molecule has 2 aromatic rings. The highest BCUT2D eigenvalue weighted by Gasteiger charge is 2.20. The topological polar surface area (TPSA) is 84.9 Å². The Hall–Kier alpha value is -2.83. The molecule has 1 unspecified atom stereocenters. The summed E-state index contributed by atoms with van der Waals surface area (Å²) in [7, 11) is 1.54. The Kier molecular flexibility index (Phi) is 8.89. The van der Waals surface area contributed by atoms with Gasteiger partial charge in [0.1, 0.15) is 5.75 Å². The summed E-state index contributed by atoms with van der Waals surface area (Å²) in [6.45, 7) is 3.83. The quantitative estimate of drug-likeness (QED) is 0.553. The van der Waals surface area contributed by atoms with Crippen molar-refractivity contribution in [3.8, 4) is 5.75 Å². The number of carboxylic acid groups (broad SMARTS) is 1. The molecule has 0 saturated heterocycles. The van der Waals surface area contributed by atoms with Gasteiger partial charge in [-0.1, -0.05) is 35.9 Å². The van der Waals surface area contributed by atoms with Gasteiger partial charge in [0.25, 0.3) is 0 Å². The van der Waals surface area contributed by atoms with Crippen LogP contribution >= 0.6 is 11.6 Å². The number of carbonyl (C=O) groups is 2. The fourth-order valence-electron chi connectivity index (χ4n) is 2.82. The van der Waals surface area contributed by atoms with Gasteiger partial charge in [0.2, 0.25) is 5.91 Å². The minimum absolute atomic E-state index is 0.199. The lowest BCUT2D eigenvalue weighted by atomic mass is 10.0. The third-order valence-electron chi connectivity index (χ3n) is 4.23. The maximum absolute atomic E-state index is 12.2. The molecule has 160 valence electrons. The van der Waals surface area contributed by atoms with Crippen LogP contribution in [-0.2, 0) is 27.3 Å². The molecule has 0 aliphatic rings. The fourth-order valence-corrected chi connectivity index (χ4v) is 2.95. The molecule has 0 bridgehead atoms. The highest BCUT2D eigenvalue weighted by atomic mass is 35.5. The zero-order valence-electron chi connectivity index (χ0n) is 17.2. The number of carboxylic acids is 1. The molecule has 7 heteroatoms. The highest BCUT2D eigenvalue weighted by Crippen LogP contribution is 2.21. The van der Waals surface area contributed by atoms with Crippen molar-refractivity contribution in [2.45, 2.75) is 39.0 Å². The van der Waals surface area contributed by atoms with E-state index in [1.165, 1.54) is 6.08 Å². The van der Waals surface area contributed by atoms with E-state index in [1.54, 1.807) is 51.3 Å². The van der Waals surface area contributed by atoms with Crippen molar-refractivity contribution in [2.75, 3.05) is 7.11 Å². The van der Waals surface area contributed by atoms with Gasteiger partial charge in [-0.25, -0.2) is 4.79 Å². The zero-order chi connectivity index (χ0) is 22.1. The van der Waals surface area contributed by atoms with Gasteiger partial charge < -0.3 is 19.9 Å². The third-order valence-corrected chi connectivity index (χ3v) is 4.48. The van der Waals surface area contributed by atoms with Crippen molar-refractivity contribution in [3.05, 3.63) is 70.3 Å². The van der Waals surface area contributed by atoms with E-state index in [2.05, 4.69) is 5.32 Å². The van der Waals surface area contributed by atoms with Crippen molar-refractivity contribution in [2.24, 2.45) is 0 Å². The molecule has 0 aliphatic carbocycles. The van der Waals surface area contributed by atoms with Gasteiger partial charge in [-0.3, -0.25) is 4.79 Å². The second-order valence-electron chi connectivity index (χ2n) is 6.96. The maximum Gasteiger partial charge on any atom is 0.333 e. The Labute approximate surface area is 181 Å². The number of amides is 1. The van der Waals surface area contributed by atoms with Crippen molar-refractivity contribution < 1.29 is 24.2 Å². The van der Waals surface area contributed by atoms with Gasteiger partial charge in [-0.05, 0) is 49.2 Å². The molecule has 6 nitrogen and oxygen atoms in total. The molecule has 0 spiro atoms. The van der Waals surface area contributed by atoms with Crippen molar-refractivity contribution in [1.82, 2.24) is 5.32 Å². The summed E-state index contributed by atoms with van der Waals surface area (Å²) >= 11 is 5.85. The first kappa shape index (κ1) is 23.4. The first-order chi connectivity index (χ1) is 14.3. The molecule has 1 atom stereocenters. The number of hydrogen-bond acceptors (Lipinski definition) is 4. The Bertz CT molecular complexity index is 893. The van der Waals surface area contributed by atoms with Crippen LogP contribution < -0.4 is 10.1 Å². The smallest absolute Gasteiger partial charge is 0.333 e. The number of hydrogen-bond donors (Lipinski definition) is 2. The number of aliphatic carboxylic acids is 1. The molecule has 0 heterocycles. The number of carbonyl (C=O) groups excluding carboxylic acids is 1. The number of benzene rings is 2. The predicted molar refractivity (Wildman–Crippen MR) is 117 cm³/mol. The van der Waals surface area contributed by atoms with Crippen molar-refractivity contribution >= 4 is 29.6 Å². The summed E-state index contributed by atoms with van der Waals surface area (Å²) < 4.78 is 10.8. The highest BCUT2D eigenvalue weighted by molar-refractivity contribution is 6.30. The van der Waals surface area contributed by atoms with Gasteiger partial charge in [-0.2, -0.15) is 0 Å². The van der Waals surface area contributed by atoms with E-state index in [4.69, 9.17) is 21.1 Å². The molecule has 0 saturated carbocycles. The van der Waals surface area contributed by atoms with E-state index in [-0.39, 0.29) is 25.0 Å². The van der Waals surface area contributed by atoms with Crippen LogP contribution in [0.3, 0.4) is 0 Å². The second-order valence-corrected chi connectivity index (χ2v) is 7.40. The third kappa shape index (κ3) is 7.54. The molecule has 2 rings (SSSR count). The van der Waals surface area contributed by atoms with Crippen LogP contribution in [0.2, 0.25) is 5.02 Å². The molecule has 0 fully saturated rings. The average molecular weight is 432 g/mol. The number of rotatable bonds is 10. The Morgan fingerprint density at radius 1 is 1.17 bits per heavy atom. The van der Waals surface area contributed by atoms with E-state index < -0.39 is 12.1 Å². The van der Waals surface area contributed by atoms with Crippen molar-refractivity contribution in [3.63, 3.8) is 0 Å². The Morgan fingerprint density at radius 3 is 2.47 bits per heavy atom. The first-order valence-electron chi connectivity index (χ1n) is 9.54. The maximum atomic E-state index is 12.2. The largest absolute Gasteiger partial charge is 0.496 e. The lowest BCUT2D eigenvalue weighted by Gasteiger charge is -2.17. The Morgan fingerprint density at radius 2 is 1.87 bits per heavy atom. The lowest BCUT2D eigenvalue weighted by Crippen LogP contribution is -2.29. The van der Waals surface area contributed by atoms with Crippen LogP contribution in [0.25, 0.3) is 6.08 Å². The van der Waals surface area contributed by atoms with Gasteiger partial charge in [0.05, 0.1) is 13.2 Å². The van der Waals surface area contributed by atoms with Crippen LogP contribution in [0.1, 0.15) is 30.5 Å². The monoisotopic (exact) mass is 431 g/mol. The summed E-state index contributed by atoms with van der Waals surface area (Å²) in [4.78, 5) is 23.6. The van der Waals surface area contributed by atoms with E-state index in [1.807, 2.05) is 18.2 Å². The molecular weight excluding hydrogens is 406 g/mol. The second kappa shape index (κ2) is 11.4. The molecule has 1 amide bonds. The molecule has 0 aromatic heterocycles. The standard InChI is InChI=1S/C23H26ClNO5/c1-15(2)30-21(23(27)28)13-17-6-10-20(29-3)18(12-17)14-25-22(26)11-7-16-4-8-19(24)9-5-16/h4-12,15,21H,13-14H2,1-3H3,(H,25,26)(H,27,28)/b11-7+. The molecule has 30 heavy (non-hydrogen) atoms. The molecular formula is C23H26ClNO5. The summed E-state index contributed by atoms with van der Waals surface area (Å²) in [5, 5.41) is 12.8. The van der Waals surface area contributed by atoms with Crippen LogP contribution in [0.4, 0.5) is 0 Å². The average Bonchev–Trinajstić information content (AvgIpc) is 2.71. The van der Waals surface area contributed by atoms with Crippen molar-refractivity contribution in [1.29, 1.82) is 0 Å². The van der Waals surface area contributed by atoms with Crippen LogP contribution in [0.15, 0.2) is 48.5 Å². The van der Waals surface area contributed by atoms with E-state index in [0.717, 1.165) is 16.7 Å². The Balaban J connectivity index is 2.04. The van der Waals surface area contributed by atoms with E-state index in [0.29, 0.717) is 10.8 Å². The van der Waals surface area contributed by atoms with E-state index >= 15 is 0 Å². The summed E-state index contributed by atoms with van der Waals surface area (Å²) in [6.07, 6.45) is 2.21. The van der Waals surface area contributed by atoms with Gasteiger partial charge in [-0.15, -0.1) is 0 Å². The van der Waals surface area contributed by atoms with Crippen LogP contribution in [-0.4, -0.2) is 36.3 Å². The molecule has 2 aromatic carbocycles. The molecule has 0 radical (unpaired) electrons. The number of methoxy groups -OCH3 is 1. The van der Waals surface area contributed by atoms with E-state index in [9.17, 15) is 14.7 Å². The van der Waals surface area contributed by atoms with Gasteiger partial charge >= 0.3 is 5.97 Å².